The largest absolute Gasteiger partial charge is 0.369 e. The molecule has 0 fully saturated rings. The molecule has 0 aromatic carbocycles. The Morgan fingerprint density at radius 1 is 1.71 bits per heavy atom. The zero-order valence-corrected chi connectivity index (χ0v) is 9.38. The summed E-state index contributed by atoms with van der Waals surface area (Å²) in [5, 5.41) is 22.3. The number of allylic oxidation sites excluding steroid dienone is 1. The Kier molecular flexibility index (Phi) is 4.63. The van der Waals surface area contributed by atoms with Gasteiger partial charge in [-0.15, -0.1) is 0 Å². The SMILES string of the molecule is C/C=C/CCNc1ncc([N+](=O)[O-])cc1C#N. The van der Waals surface area contributed by atoms with Gasteiger partial charge in [0.2, 0.25) is 0 Å². The molecule has 0 radical (unpaired) electrons. The van der Waals surface area contributed by atoms with Gasteiger partial charge in [0.25, 0.3) is 5.69 Å². The first-order valence-corrected chi connectivity index (χ1v) is 5.08. The minimum Gasteiger partial charge on any atom is -0.369 e. The van der Waals surface area contributed by atoms with E-state index in [0.717, 1.165) is 12.6 Å². The van der Waals surface area contributed by atoms with Gasteiger partial charge >= 0.3 is 0 Å². The van der Waals surface area contributed by atoms with Crippen molar-refractivity contribution in [3.8, 4) is 6.07 Å². The van der Waals surface area contributed by atoms with E-state index in [1.54, 1.807) is 0 Å². The van der Waals surface area contributed by atoms with E-state index in [0.29, 0.717) is 12.4 Å². The van der Waals surface area contributed by atoms with Gasteiger partial charge in [0.05, 0.1) is 4.92 Å². The van der Waals surface area contributed by atoms with Crippen molar-refractivity contribution in [2.24, 2.45) is 0 Å². The quantitative estimate of drug-likeness (QED) is 0.364. The molecule has 6 nitrogen and oxygen atoms in total. The Morgan fingerprint density at radius 3 is 3.06 bits per heavy atom. The number of hydrogen-bond donors (Lipinski definition) is 1. The highest BCUT2D eigenvalue weighted by Crippen LogP contribution is 2.17. The first-order valence-electron chi connectivity index (χ1n) is 5.08. The molecule has 0 atom stereocenters. The van der Waals surface area contributed by atoms with Crippen LogP contribution in [-0.2, 0) is 0 Å². The zero-order valence-electron chi connectivity index (χ0n) is 9.38. The third-order valence-electron chi connectivity index (χ3n) is 2.04. The average molecular weight is 232 g/mol. The molecule has 0 aliphatic heterocycles. The molecule has 1 heterocycles. The van der Waals surface area contributed by atoms with Gasteiger partial charge in [-0.2, -0.15) is 5.26 Å². The molecule has 88 valence electrons. The Morgan fingerprint density at radius 2 is 2.47 bits per heavy atom. The summed E-state index contributed by atoms with van der Waals surface area (Å²) in [5.41, 5.74) is 0.000215. The molecular formula is C11H12N4O2. The number of anilines is 1. The smallest absolute Gasteiger partial charge is 0.289 e. The number of aromatic nitrogens is 1. The van der Waals surface area contributed by atoms with Crippen molar-refractivity contribution in [2.45, 2.75) is 13.3 Å². The van der Waals surface area contributed by atoms with E-state index < -0.39 is 4.92 Å². The molecule has 17 heavy (non-hydrogen) atoms. The normalized spacial score (nSPS) is 10.1. The monoisotopic (exact) mass is 232 g/mol. The summed E-state index contributed by atoms with van der Waals surface area (Å²) < 4.78 is 0. The Bertz CT molecular complexity index is 477. The Labute approximate surface area is 98.7 Å². The van der Waals surface area contributed by atoms with Gasteiger partial charge in [-0.1, -0.05) is 12.2 Å². The molecule has 0 aliphatic carbocycles. The van der Waals surface area contributed by atoms with Gasteiger partial charge in [-0.05, 0) is 13.3 Å². The molecule has 0 unspecified atom stereocenters. The highest BCUT2D eigenvalue weighted by molar-refractivity contribution is 5.55. The van der Waals surface area contributed by atoms with Crippen LogP contribution in [0.4, 0.5) is 11.5 Å². The number of nitro groups is 1. The Balaban J connectivity index is 2.79. The fourth-order valence-corrected chi connectivity index (χ4v) is 1.22. The van der Waals surface area contributed by atoms with Crippen LogP contribution >= 0.6 is 0 Å². The lowest BCUT2D eigenvalue weighted by molar-refractivity contribution is -0.385. The van der Waals surface area contributed by atoms with Crippen LogP contribution in [0.5, 0.6) is 0 Å². The van der Waals surface area contributed by atoms with Crippen molar-refractivity contribution >= 4 is 11.5 Å². The summed E-state index contributed by atoms with van der Waals surface area (Å²) in [6.45, 7) is 2.55. The first-order chi connectivity index (χ1) is 8.19. The molecule has 6 heteroatoms. The number of hydrogen-bond acceptors (Lipinski definition) is 5. The van der Waals surface area contributed by atoms with Gasteiger partial charge in [-0.3, -0.25) is 10.1 Å². The number of nitrogens with zero attached hydrogens (tertiary/aromatic N) is 3. The number of nitrogens with one attached hydrogen (secondary N) is 1. The molecule has 0 spiro atoms. The fourth-order valence-electron chi connectivity index (χ4n) is 1.22. The lowest BCUT2D eigenvalue weighted by Crippen LogP contribution is -2.05. The molecule has 0 bridgehead atoms. The molecule has 0 saturated carbocycles. The minimum atomic E-state index is -0.572. The summed E-state index contributed by atoms with van der Waals surface area (Å²) in [7, 11) is 0. The van der Waals surface area contributed by atoms with Crippen LogP contribution in [0.15, 0.2) is 24.4 Å². The second kappa shape index (κ2) is 6.23. The maximum absolute atomic E-state index is 10.5. The third kappa shape index (κ3) is 3.57. The van der Waals surface area contributed by atoms with Crippen molar-refractivity contribution in [2.75, 3.05) is 11.9 Å². The van der Waals surface area contributed by atoms with Crippen molar-refractivity contribution in [1.82, 2.24) is 4.98 Å². The van der Waals surface area contributed by atoms with Crippen molar-refractivity contribution < 1.29 is 4.92 Å². The topological polar surface area (TPSA) is 91.8 Å². The summed E-state index contributed by atoms with van der Waals surface area (Å²) in [5.74, 6) is 0.377. The molecule has 0 aliphatic rings. The second-order valence-corrected chi connectivity index (χ2v) is 3.24. The first kappa shape index (κ1) is 12.6. The number of pyridine rings is 1. The number of nitriles is 1. The van der Waals surface area contributed by atoms with Crippen LogP contribution in [0.25, 0.3) is 0 Å². The highest BCUT2D eigenvalue weighted by Gasteiger charge is 2.11. The molecule has 1 N–H and O–H groups in total. The van der Waals surface area contributed by atoms with Gasteiger partial charge < -0.3 is 5.32 Å². The third-order valence-corrected chi connectivity index (χ3v) is 2.04. The highest BCUT2D eigenvalue weighted by atomic mass is 16.6. The summed E-state index contributed by atoms with van der Waals surface area (Å²) in [6, 6.07) is 3.10. The van der Waals surface area contributed by atoms with Crippen LogP contribution in [0.3, 0.4) is 0 Å². The summed E-state index contributed by atoms with van der Waals surface area (Å²) in [6.07, 6.45) is 5.85. The maximum atomic E-state index is 10.5. The summed E-state index contributed by atoms with van der Waals surface area (Å²) >= 11 is 0. The van der Waals surface area contributed by atoms with Crippen molar-refractivity contribution in [3.05, 3.63) is 40.1 Å². The van der Waals surface area contributed by atoms with Crippen LogP contribution in [0.1, 0.15) is 18.9 Å². The standard InChI is InChI=1S/C11H12N4O2/c1-2-3-4-5-13-11-9(7-12)6-10(8-14-11)15(16)17/h2-3,6,8H,4-5H2,1H3,(H,13,14)/b3-2+. The zero-order chi connectivity index (χ0) is 12.7. The van der Waals surface area contributed by atoms with Crippen LogP contribution in [0, 0.1) is 21.4 Å². The maximum Gasteiger partial charge on any atom is 0.289 e. The van der Waals surface area contributed by atoms with E-state index in [2.05, 4.69) is 10.3 Å². The van der Waals surface area contributed by atoms with Crippen LogP contribution < -0.4 is 5.32 Å². The van der Waals surface area contributed by atoms with Gasteiger partial charge in [0, 0.05) is 12.6 Å². The lowest BCUT2D eigenvalue weighted by atomic mass is 10.2. The molecule has 0 amide bonds. The molecule has 1 aromatic heterocycles. The molecule has 1 rings (SSSR count). The van der Waals surface area contributed by atoms with E-state index >= 15 is 0 Å². The number of rotatable bonds is 5. The van der Waals surface area contributed by atoms with Gasteiger partial charge in [0.15, 0.2) is 0 Å². The average Bonchev–Trinajstić information content (AvgIpc) is 2.34. The van der Waals surface area contributed by atoms with Crippen molar-refractivity contribution in [3.63, 3.8) is 0 Å². The van der Waals surface area contributed by atoms with E-state index in [-0.39, 0.29) is 11.3 Å². The lowest BCUT2D eigenvalue weighted by Gasteiger charge is -2.04. The van der Waals surface area contributed by atoms with E-state index in [1.165, 1.54) is 6.07 Å². The predicted molar refractivity (Wildman–Crippen MR) is 63.5 cm³/mol. The van der Waals surface area contributed by atoms with Crippen LogP contribution in [0.2, 0.25) is 0 Å². The second-order valence-electron chi connectivity index (χ2n) is 3.24. The van der Waals surface area contributed by atoms with Gasteiger partial charge in [0.1, 0.15) is 23.6 Å². The van der Waals surface area contributed by atoms with E-state index in [9.17, 15) is 10.1 Å². The summed E-state index contributed by atoms with van der Waals surface area (Å²) in [4.78, 5) is 13.8. The minimum absolute atomic E-state index is 0.180. The van der Waals surface area contributed by atoms with Crippen LogP contribution in [-0.4, -0.2) is 16.5 Å². The predicted octanol–water partition coefficient (Wildman–Crippen LogP) is 2.24. The molecule has 1 aromatic rings. The van der Waals surface area contributed by atoms with E-state index in [1.807, 2.05) is 25.1 Å². The Hall–Kier alpha value is -2.42. The molecular weight excluding hydrogens is 220 g/mol. The van der Waals surface area contributed by atoms with E-state index in [4.69, 9.17) is 5.26 Å². The van der Waals surface area contributed by atoms with Crippen molar-refractivity contribution in [1.29, 1.82) is 5.26 Å². The fraction of sp³-hybridized carbons (Fsp3) is 0.273. The van der Waals surface area contributed by atoms with Gasteiger partial charge in [-0.25, -0.2) is 4.98 Å². The molecule has 0 saturated heterocycles.